The van der Waals surface area contributed by atoms with Crippen LogP contribution in [0.4, 0.5) is 10.5 Å². The minimum atomic E-state index is -0.988. The van der Waals surface area contributed by atoms with E-state index in [-0.39, 0.29) is 30.1 Å². The molecule has 0 bridgehead atoms. The zero-order chi connectivity index (χ0) is 19.9. The molecular weight excluding hydrogens is 358 g/mol. The number of carbonyl (C=O) groups excluding carboxylic acids is 2. The number of hydrogen-bond donors (Lipinski definition) is 4. The lowest BCUT2D eigenvalue weighted by Gasteiger charge is -2.12. The second-order valence-corrected chi connectivity index (χ2v) is 6.84. The van der Waals surface area contributed by atoms with Crippen LogP contribution in [0.2, 0.25) is 0 Å². The maximum atomic E-state index is 12.2. The van der Waals surface area contributed by atoms with E-state index in [9.17, 15) is 14.4 Å². The van der Waals surface area contributed by atoms with Crippen molar-refractivity contribution < 1.29 is 19.5 Å². The Balaban J connectivity index is 1.47. The third kappa shape index (κ3) is 5.33. The zero-order valence-electron chi connectivity index (χ0n) is 15.4. The summed E-state index contributed by atoms with van der Waals surface area (Å²) in [4.78, 5) is 35.1. The van der Waals surface area contributed by atoms with Gasteiger partial charge in [0.25, 0.3) is 5.91 Å². The van der Waals surface area contributed by atoms with Crippen molar-refractivity contribution in [1.29, 1.82) is 0 Å². The molecule has 0 atom stereocenters. The predicted molar refractivity (Wildman–Crippen MR) is 105 cm³/mol. The van der Waals surface area contributed by atoms with Crippen molar-refractivity contribution in [3.8, 4) is 0 Å². The van der Waals surface area contributed by atoms with Gasteiger partial charge in [0.15, 0.2) is 0 Å². The summed E-state index contributed by atoms with van der Waals surface area (Å²) in [7, 11) is 0. The number of hydrogen-bond acceptors (Lipinski definition) is 3. The van der Waals surface area contributed by atoms with E-state index in [1.807, 2.05) is 0 Å². The van der Waals surface area contributed by atoms with Crippen molar-refractivity contribution in [2.45, 2.75) is 38.3 Å². The van der Waals surface area contributed by atoms with Crippen molar-refractivity contribution in [3.05, 3.63) is 65.2 Å². The standard InChI is InChI=1S/C21H23N3O4/c25-19(23-17-3-1-2-4-17)15-9-11-18(12-10-15)24-21(28)22-13-14-5-7-16(8-6-14)20(26)27/h5-12,17H,1-4,13H2,(H,23,25)(H,26,27)(H2,22,24,28). The van der Waals surface area contributed by atoms with Gasteiger partial charge in [-0.05, 0) is 54.8 Å². The number of urea groups is 1. The van der Waals surface area contributed by atoms with Crippen LogP contribution in [0, 0.1) is 0 Å². The van der Waals surface area contributed by atoms with Crippen LogP contribution >= 0.6 is 0 Å². The Labute approximate surface area is 163 Å². The highest BCUT2D eigenvalue weighted by Gasteiger charge is 2.17. The minimum absolute atomic E-state index is 0.0901. The Morgan fingerprint density at radius 3 is 2.11 bits per heavy atom. The Morgan fingerprint density at radius 2 is 1.50 bits per heavy atom. The molecule has 2 aromatic rings. The Kier molecular flexibility index (Phi) is 6.26. The summed E-state index contributed by atoms with van der Waals surface area (Å²) < 4.78 is 0. The third-order valence-corrected chi connectivity index (χ3v) is 4.75. The molecule has 1 aliphatic carbocycles. The minimum Gasteiger partial charge on any atom is -0.478 e. The Bertz CT molecular complexity index is 841. The predicted octanol–water partition coefficient (Wildman–Crippen LogP) is 3.38. The summed E-state index contributed by atoms with van der Waals surface area (Å²) in [5.41, 5.74) is 2.14. The lowest BCUT2D eigenvalue weighted by Crippen LogP contribution is -2.32. The van der Waals surface area contributed by atoms with Crippen LogP contribution in [0.3, 0.4) is 0 Å². The molecule has 4 N–H and O–H groups in total. The van der Waals surface area contributed by atoms with E-state index >= 15 is 0 Å². The van der Waals surface area contributed by atoms with Crippen LogP contribution in [0.1, 0.15) is 52.0 Å². The molecule has 0 heterocycles. The monoisotopic (exact) mass is 381 g/mol. The van der Waals surface area contributed by atoms with Crippen LogP contribution in [-0.4, -0.2) is 29.1 Å². The number of carboxylic acid groups (broad SMARTS) is 1. The molecule has 3 amide bonds. The molecule has 28 heavy (non-hydrogen) atoms. The molecule has 3 rings (SSSR count). The van der Waals surface area contributed by atoms with Gasteiger partial charge < -0.3 is 21.1 Å². The van der Waals surface area contributed by atoms with Crippen LogP contribution in [0.15, 0.2) is 48.5 Å². The zero-order valence-corrected chi connectivity index (χ0v) is 15.4. The summed E-state index contributed by atoms with van der Waals surface area (Å²) in [5.74, 6) is -1.08. The lowest BCUT2D eigenvalue weighted by molar-refractivity contribution is 0.0696. The van der Waals surface area contributed by atoms with E-state index in [0.29, 0.717) is 11.3 Å². The van der Waals surface area contributed by atoms with E-state index in [0.717, 1.165) is 31.2 Å². The molecule has 1 fully saturated rings. The first-order valence-corrected chi connectivity index (χ1v) is 9.29. The maximum Gasteiger partial charge on any atom is 0.335 e. The highest BCUT2D eigenvalue weighted by atomic mass is 16.4. The molecule has 0 spiro atoms. The normalized spacial score (nSPS) is 13.7. The van der Waals surface area contributed by atoms with Crippen molar-refractivity contribution in [2.75, 3.05) is 5.32 Å². The summed E-state index contributed by atoms with van der Waals surface area (Å²) >= 11 is 0. The Hall–Kier alpha value is -3.35. The highest BCUT2D eigenvalue weighted by Crippen LogP contribution is 2.18. The number of rotatable bonds is 6. The number of carboxylic acids is 1. The van der Waals surface area contributed by atoms with Crippen molar-refractivity contribution in [1.82, 2.24) is 10.6 Å². The van der Waals surface area contributed by atoms with Gasteiger partial charge in [-0.1, -0.05) is 25.0 Å². The van der Waals surface area contributed by atoms with E-state index in [1.165, 1.54) is 12.1 Å². The molecule has 2 aromatic carbocycles. The smallest absolute Gasteiger partial charge is 0.335 e. The first kappa shape index (κ1) is 19.4. The average molecular weight is 381 g/mol. The fraction of sp³-hybridized carbons (Fsp3) is 0.286. The third-order valence-electron chi connectivity index (χ3n) is 4.75. The van der Waals surface area contributed by atoms with E-state index < -0.39 is 5.97 Å². The quantitative estimate of drug-likeness (QED) is 0.615. The van der Waals surface area contributed by atoms with Gasteiger partial charge in [0.05, 0.1) is 5.56 Å². The Morgan fingerprint density at radius 1 is 0.893 bits per heavy atom. The van der Waals surface area contributed by atoms with E-state index in [1.54, 1.807) is 36.4 Å². The van der Waals surface area contributed by atoms with Crippen LogP contribution in [0.25, 0.3) is 0 Å². The van der Waals surface area contributed by atoms with E-state index in [4.69, 9.17) is 5.11 Å². The van der Waals surface area contributed by atoms with Crippen LogP contribution in [-0.2, 0) is 6.54 Å². The fourth-order valence-corrected chi connectivity index (χ4v) is 3.17. The van der Waals surface area contributed by atoms with Gasteiger partial charge in [0.1, 0.15) is 0 Å². The van der Waals surface area contributed by atoms with Crippen molar-refractivity contribution in [2.24, 2.45) is 0 Å². The highest BCUT2D eigenvalue weighted by molar-refractivity contribution is 5.95. The summed E-state index contributed by atoms with van der Waals surface area (Å²) in [6, 6.07) is 12.9. The molecule has 1 saturated carbocycles. The number of carbonyl (C=O) groups is 3. The van der Waals surface area contributed by atoms with Crippen molar-refractivity contribution in [3.63, 3.8) is 0 Å². The summed E-state index contributed by atoms with van der Waals surface area (Å²) in [6.45, 7) is 0.271. The van der Waals surface area contributed by atoms with Gasteiger partial charge >= 0.3 is 12.0 Å². The molecule has 0 saturated heterocycles. The molecular formula is C21H23N3O4. The first-order valence-electron chi connectivity index (χ1n) is 9.29. The van der Waals surface area contributed by atoms with Gasteiger partial charge in [0.2, 0.25) is 0 Å². The van der Waals surface area contributed by atoms with Gasteiger partial charge in [0, 0.05) is 23.8 Å². The van der Waals surface area contributed by atoms with E-state index in [2.05, 4.69) is 16.0 Å². The average Bonchev–Trinajstić information content (AvgIpc) is 3.20. The van der Waals surface area contributed by atoms with Crippen LogP contribution in [0.5, 0.6) is 0 Å². The number of aromatic carboxylic acids is 1. The number of anilines is 1. The first-order chi connectivity index (χ1) is 13.5. The SMILES string of the molecule is O=C(NCc1ccc(C(=O)O)cc1)Nc1ccc(C(=O)NC2CCCC2)cc1. The fourth-order valence-electron chi connectivity index (χ4n) is 3.17. The second kappa shape index (κ2) is 9.03. The maximum absolute atomic E-state index is 12.2. The number of nitrogens with one attached hydrogen (secondary N) is 3. The summed E-state index contributed by atoms with van der Waals surface area (Å²) in [6.07, 6.45) is 4.38. The number of amides is 3. The molecule has 0 unspecified atom stereocenters. The van der Waals surface area contributed by atoms with Gasteiger partial charge in [-0.25, -0.2) is 9.59 Å². The van der Waals surface area contributed by atoms with Gasteiger partial charge in [-0.3, -0.25) is 4.79 Å². The topological polar surface area (TPSA) is 108 Å². The molecule has 7 nitrogen and oxygen atoms in total. The molecule has 7 heteroatoms. The largest absolute Gasteiger partial charge is 0.478 e. The number of benzene rings is 2. The molecule has 0 aliphatic heterocycles. The summed E-state index contributed by atoms with van der Waals surface area (Å²) in [5, 5.41) is 17.3. The van der Waals surface area contributed by atoms with Crippen molar-refractivity contribution >= 4 is 23.6 Å². The van der Waals surface area contributed by atoms with Gasteiger partial charge in [-0.2, -0.15) is 0 Å². The molecule has 1 aliphatic rings. The second-order valence-electron chi connectivity index (χ2n) is 6.84. The van der Waals surface area contributed by atoms with Crippen LogP contribution < -0.4 is 16.0 Å². The van der Waals surface area contributed by atoms with Gasteiger partial charge in [-0.15, -0.1) is 0 Å². The molecule has 0 aromatic heterocycles. The lowest BCUT2D eigenvalue weighted by atomic mass is 10.1. The molecule has 146 valence electrons. The molecule has 0 radical (unpaired) electrons.